The quantitative estimate of drug-likeness (QED) is 0.289. The number of halogens is 2. The number of carbonyl (C=O) groups is 2. The first-order valence-corrected chi connectivity index (χ1v) is 11.0. The average molecular weight is 478 g/mol. The van der Waals surface area contributed by atoms with Gasteiger partial charge in [0.1, 0.15) is 23.1 Å². The van der Waals surface area contributed by atoms with Gasteiger partial charge in [-0.05, 0) is 65.1 Å². The molecule has 1 unspecified atom stereocenters. The maximum atomic E-state index is 13.7. The predicted molar refractivity (Wildman–Crippen MR) is 129 cm³/mol. The van der Waals surface area contributed by atoms with Gasteiger partial charge < -0.3 is 9.84 Å². The minimum absolute atomic E-state index is 0.171. The number of aliphatic hydroxyl groups excluding tert-OH is 1. The number of methoxy groups -OCH3 is 1. The summed E-state index contributed by atoms with van der Waals surface area (Å²) < 4.78 is 32.7. The first-order chi connectivity index (χ1) is 16.5. The lowest BCUT2D eigenvalue weighted by Crippen LogP contribution is -2.29. The van der Waals surface area contributed by atoms with E-state index in [-0.39, 0.29) is 22.2 Å². The van der Waals surface area contributed by atoms with Crippen molar-refractivity contribution in [3.8, 4) is 5.75 Å². The Balaban J connectivity index is 1.99. The van der Waals surface area contributed by atoms with Crippen molar-refractivity contribution in [3.63, 3.8) is 0 Å². The molecule has 1 atom stereocenters. The van der Waals surface area contributed by atoms with E-state index in [9.17, 15) is 23.5 Å². The van der Waals surface area contributed by atoms with Crippen LogP contribution in [0, 0.1) is 11.6 Å². The zero-order valence-corrected chi connectivity index (χ0v) is 19.8. The fourth-order valence-corrected chi connectivity index (χ4v) is 4.17. The van der Waals surface area contributed by atoms with Crippen molar-refractivity contribution in [2.45, 2.75) is 32.2 Å². The summed E-state index contributed by atoms with van der Waals surface area (Å²) in [5, 5.41) is 11.5. The van der Waals surface area contributed by atoms with Crippen LogP contribution in [0.2, 0.25) is 0 Å². The molecule has 0 aromatic heterocycles. The van der Waals surface area contributed by atoms with E-state index in [1.54, 1.807) is 12.1 Å². The Kier molecular flexibility index (Phi) is 6.19. The minimum Gasteiger partial charge on any atom is -0.507 e. The first-order valence-electron chi connectivity index (χ1n) is 11.0. The molecule has 1 heterocycles. The monoisotopic (exact) mass is 477 g/mol. The normalized spacial score (nSPS) is 17.7. The molecule has 0 radical (unpaired) electrons. The second-order valence-corrected chi connectivity index (χ2v) is 9.36. The summed E-state index contributed by atoms with van der Waals surface area (Å²) in [6, 6.07) is 14.6. The van der Waals surface area contributed by atoms with Crippen LogP contribution in [0.1, 0.15) is 43.5 Å². The lowest BCUT2D eigenvalue weighted by atomic mass is 9.85. The van der Waals surface area contributed by atoms with E-state index in [2.05, 4.69) is 0 Å². The molecule has 35 heavy (non-hydrogen) atoms. The molecule has 180 valence electrons. The highest BCUT2D eigenvalue weighted by molar-refractivity contribution is 6.51. The van der Waals surface area contributed by atoms with E-state index in [0.717, 1.165) is 5.56 Å². The van der Waals surface area contributed by atoms with Crippen molar-refractivity contribution >= 4 is 23.1 Å². The van der Waals surface area contributed by atoms with Crippen LogP contribution in [0.5, 0.6) is 5.75 Å². The SMILES string of the molecule is COc1ccc(C(C)(C)C)cc1/C(O)=C1\C(=O)C(=O)N(c2ccc(F)cc2)C1c1ccc(F)cc1. The molecule has 3 aromatic rings. The highest BCUT2D eigenvalue weighted by Gasteiger charge is 2.47. The molecule has 7 heteroatoms. The van der Waals surface area contributed by atoms with E-state index in [4.69, 9.17) is 4.74 Å². The second-order valence-electron chi connectivity index (χ2n) is 9.36. The molecule has 5 nitrogen and oxygen atoms in total. The number of benzene rings is 3. The molecule has 0 spiro atoms. The van der Waals surface area contributed by atoms with Crippen LogP contribution in [-0.2, 0) is 15.0 Å². The largest absolute Gasteiger partial charge is 0.507 e. The van der Waals surface area contributed by atoms with Crippen molar-refractivity contribution in [3.05, 3.63) is 101 Å². The first kappa shape index (κ1) is 24.1. The number of aliphatic hydroxyl groups is 1. The molecule has 1 fully saturated rings. The third-order valence-electron chi connectivity index (χ3n) is 6.06. The third kappa shape index (κ3) is 4.41. The number of anilines is 1. The number of Topliss-reactive ketones (excluding diaryl/α,β-unsaturated/α-hetero) is 1. The van der Waals surface area contributed by atoms with Crippen LogP contribution in [-0.4, -0.2) is 23.9 Å². The van der Waals surface area contributed by atoms with Crippen molar-refractivity contribution < 1.29 is 28.2 Å². The van der Waals surface area contributed by atoms with E-state index in [1.807, 2.05) is 26.8 Å². The predicted octanol–water partition coefficient (Wildman–Crippen LogP) is 5.90. The Morgan fingerprint density at radius 2 is 1.49 bits per heavy atom. The highest BCUT2D eigenvalue weighted by atomic mass is 19.1. The molecule has 0 aliphatic carbocycles. The zero-order chi connectivity index (χ0) is 25.5. The molecule has 3 aromatic carbocycles. The third-order valence-corrected chi connectivity index (χ3v) is 6.06. The van der Waals surface area contributed by atoms with E-state index in [0.29, 0.717) is 11.3 Å². The van der Waals surface area contributed by atoms with Crippen molar-refractivity contribution in [1.29, 1.82) is 0 Å². The van der Waals surface area contributed by atoms with Gasteiger partial charge in [0.2, 0.25) is 0 Å². The number of carbonyl (C=O) groups excluding carboxylic acids is 2. The Hall–Kier alpha value is -4.00. The number of rotatable bonds is 4. The molecular weight excluding hydrogens is 452 g/mol. The lowest BCUT2D eigenvalue weighted by molar-refractivity contribution is -0.132. The van der Waals surface area contributed by atoms with Crippen LogP contribution in [0.15, 0.2) is 72.3 Å². The fourth-order valence-electron chi connectivity index (χ4n) is 4.17. The zero-order valence-electron chi connectivity index (χ0n) is 19.8. The number of hydrogen-bond donors (Lipinski definition) is 1. The van der Waals surface area contributed by atoms with E-state index in [1.165, 1.54) is 60.5 Å². The summed E-state index contributed by atoms with van der Waals surface area (Å²) >= 11 is 0. The van der Waals surface area contributed by atoms with Gasteiger partial charge in [-0.1, -0.05) is 39.0 Å². The Bertz CT molecular complexity index is 1320. The molecule has 4 rings (SSSR count). The summed E-state index contributed by atoms with van der Waals surface area (Å²) in [5.74, 6) is -2.89. The summed E-state index contributed by atoms with van der Waals surface area (Å²) in [6.45, 7) is 6.01. The standard InChI is InChI=1S/C28H25F2NO4/c1-28(2,3)17-7-14-22(35-4)21(15-17)25(32)23-24(16-5-8-18(29)9-6-16)31(27(34)26(23)33)20-12-10-19(30)11-13-20/h5-15,24,32H,1-4H3/b25-23+. The van der Waals surface area contributed by atoms with Gasteiger partial charge in [-0.15, -0.1) is 0 Å². The number of ether oxygens (including phenoxy) is 1. The van der Waals surface area contributed by atoms with Crippen LogP contribution in [0.3, 0.4) is 0 Å². The second kappa shape index (κ2) is 8.98. The van der Waals surface area contributed by atoms with Gasteiger partial charge in [-0.2, -0.15) is 0 Å². The fraction of sp³-hybridized carbons (Fsp3) is 0.214. The molecule has 1 N–H and O–H groups in total. The van der Waals surface area contributed by atoms with Crippen LogP contribution in [0.4, 0.5) is 14.5 Å². The lowest BCUT2D eigenvalue weighted by Gasteiger charge is -2.26. The van der Waals surface area contributed by atoms with Crippen molar-refractivity contribution in [2.75, 3.05) is 12.0 Å². The van der Waals surface area contributed by atoms with Crippen LogP contribution >= 0.6 is 0 Å². The van der Waals surface area contributed by atoms with Gasteiger partial charge in [-0.25, -0.2) is 8.78 Å². The maximum Gasteiger partial charge on any atom is 0.300 e. The Morgan fingerprint density at radius 3 is 2.03 bits per heavy atom. The minimum atomic E-state index is -1.07. The van der Waals surface area contributed by atoms with Crippen LogP contribution in [0.25, 0.3) is 5.76 Å². The van der Waals surface area contributed by atoms with Gasteiger partial charge in [0, 0.05) is 5.69 Å². The molecular formula is C28H25F2NO4. The van der Waals surface area contributed by atoms with Crippen molar-refractivity contribution in [2.24, 2.45) is 0 Å². The van der Waals surface area contributed by atoms with Gasteiger partial charge in [0.25, 0.3) is 11.7 Å². The number of amides is 1. The number of nitrogens with zero attached hydrogens (tertiary/aromatic N) is 1. The molecule has 1 aliphatic rings. The summed E-state index contributed by atoms with van der Waals surface area (Å²) in [5.41, 5.74) is 1.36. The van der Waals surface area contributed by atoms with Gasteiger partial charge in [-0.3, -0.25) is 14.5 Å². The van der Waals surface area contributed by atoms with Gasteiger partial charge in [0.05, 0.1) is 24.3 Å². The average Bonchev–Trinajstić information content (AvgIpc) is 3.09. The summed E-state index contributed by atoms with van der Waals surface area (Å²) in [4.78, 5) is 27.7. The highest BCUT2D eigenvalue weighted by Crippen LogP contribution is 2.43. The molecule has 1 aliphatic heterocycles. The number of ketones is 1. The summed E-state index contributed by atoms with van der Waals surface area (Å²) in [6.07, 6.45) is 0. The maximum absolute atomic E-state index is 13.7. The molecule has 1 saturated heterocycles. The summed E-state index contributed by atoms with van der Waals surface area (Å²) in [7, 11) is 1.44. The van der Waals surface area contributed by atoms with E-state index >= 15 is 0 Å². The Morgan fingerprint density at radius 1 is 0.914 bits per heavy atom. The molecule has 0 bridgehead atoms. The number of hydrogen-bond acceptors (Lipinski definition) is 4. The smallest absolute Gasteiger partial charge is 0.300 e. The van der Waals surface area contributed by atoms with Crippen molar-refractivity contribution in [1.82, 2.24) is 0 Å². The van der Waals surface area contributed by atoms with Gasteiger partial charge >= 0.3 is 0 Å². The van der Waals surface area contributed by atoms with Crippen LogP contribution < -0.4 is 9.64 Å². The molecule has 1 amide bonds. The molecule has 0 saturated carbocycles. The Labute approximate surface area is 202 Å². The van der Waals surface area contributed by atoms with E-state index < -0.39 is 35.1 Å². The topological polar surface area (TPSA) is 66.8 Å². The van der Waals surface area contributed by atoms with Gasteiger partial charge in [0.15, 0.2) is 0 Å².